The van der Waals surface area contributed by atoms with E-state index in [1.807, 2.05) is 73.7 Å². The molecule has 0 saturated carbocycles. The van der Waals surface area contributed by atoms with Gasteiger partial charge in [0, 0.05) is 23.4 Å². The molecule has 26 heavy (non-hydrogen) atoms. The van der Waals surface area contributed by atoms with Gasteiger partial charge < -0.3 is 10.6 Å². The molecule has 130 valence electrons. The van der Waals surface area contributed by atoms with E-state index in [-0.39, 0.29) is 11.8 Å². The zero-order chi connectivity index (χ0) is 18.4. The largest absolute Gasteiger partial charge is 0.323 e. The van der Waals surface area contributed by atoms with Crippen LogP contribution < -0.4 is 10.6 Å². The van der Waals surface area contributed by atoms with Crippen molar-refractivity contribution in [1.29, 1.82) is 0 Å². The highest BCUT2D eigenvalue weighted by molar-refractivity contribution is 6.00. The molecule has 0 unspecified atom stereocenters. The van der Waals surface area contributed by atoms with Crippen molar-refractivity contribution in [3.05, 3.63) is 95.6 Å². The number of benzene rings is 3. The van der Waals surface area contributed by atoms with Crippen LogP contribution in [-0.2, 0) is 6.42 Å². The van der Waals surface area contributed by atoms with Crippen LogP contribution >= 0.6 is 0 Å². The van der Waals surface area contributed by atoms with Crippen molar-refractivity contribution >= 4 is 23.2 Å². The second-order valence-corrected chi connectivity index (χ2v) is 6.11. The Hall–Kier alpha value is -3.40. The van der Waals surface area contributed by atoms with Gasteiger partial charge in [0.25, 0.3) is 0 Å². The van der Waals surface area contributed by atoms with E-state index in [0.717, 1.165) is 16.8 Å². The van der Waals surface area contributed by atoms with Gasteiger partial charge in [-0.1, -0.05) is 60.2 Å². The van der Waals surface area contributed by atoms with Gasteiger partial charge in [0.15, 0.2) is 5.78 Å². The Morgan fingerprint density at radius 3 is 1.92 bits per heavy atom. The molecule has 0 aliphatic heterocycles. The Morgan fingerprint density at radius 1 is 0.731 bits per heavy atom. The highest BCUT2D eigenvalue weighted by Crippen LogP contribution is 2.14. The van der Waals surface area contributed by atoms with Gasteiger partial charge in [-0.05, 0) is 36.8 Å². The third-order valence-corrected chi connectivity index (χ3v) is 3.98. The van der Waals surface area contributed by atoms with Gasteiger partial charge in [0.2, 0.25) is 0 Å². The van der Waals surface area contributed by atoms with Gasteiger partial charge in [-0.15, -0.1) is 0 Å². The lowest BCUT2D eigenvalue weighted by atomic mass is 10.0. The van der Waals surface area contributed by atoms with Crippen molar-refractivity contribution in [2.75, 3.05) is 10.6 Å². The summed E-state index contributed by atoms with van der Waals surface area (Å²) in [6.45, 7) is 1.99. The number of nitrogens with one attached hydrogen (secondary N) is 2. The maximum absolute atomic E-state index is 12.3. The Labute approximate surface area is 152 Å². The molecule has 4 heteroatoms. The van der Waals surface area contributed by atoms with E-state index in [1.54, 1.807) is 12.1 Å². The monoisotopic (exact) mass is 344 g/mol. The fraction of sp³-hybridized carbons (Fsp3) is 0.0909. The molecule has 0 atom stereocenters. The number of amides is 2. The zero-order valence-corrected chi connectivity index (χ0v) is 14.5. The minimum Gasteiger partial charge on any atom is -0.308 e. The van der Waals surface area contributed by atoms with Crippen LogP contribution in [0.25, 0.3) is 0 Å². The first kappa shape index (κ1) is 17.4. The Balaban J connectivity index is 1.57. The van der Waals surface area contributed by atoms with Crippen LogP contribution in [-0.4, -0.2) is 11.8 Å². The van der Waals surface area contributed by atoms with Gasteiger partial charge in [-0.25, -0.2) is 4.79 Å². The molecule has 3 rings (SSSR count). The maximum Gasteiger partial charge on any atom is 0.323 e. The van der Waals surface area contributed by atoms with Crippen LogP contribution in [0.2, 0.25) is 0 Å². The van der Waals surface area contributed by atoms with E-state index in [1.165, 1.54) is 0 Å². The minimum absolute atomic E-state index is 0.0764. The first-order valence-electron chi connectivity index (χ1n) is 8.42. The Bertz CT molecular complexity index is 886. The molecule has 2 amide bonds. The van der Waals surface area contributed by atoms with E-state index in [4.69, 9.17) is 0 Å². The van der Waals surface area contributed by atoms with E-state index in [9.17, 15) is 9.59 Å². The number of aryl methyl sites for hydroxylation is 1. The molecule has 0 radical (unpaired) electrons. The SMILES string of the molecule is Cc1ccc(C(=O)Cc2ccc(NC(=O)Nc3ccccc3)cc2)cc1. The van der Waals surface area contributed by atoms with Crippen molar-refractivity contribution < 1.29 is 9.59 Å². The molecular weight excluding hydrogens is 324 g/mol. The molecule has 0 fully saturated rings. The van der Waals surface area contributed by atoms with Gasteiger partial charge in [-0.2, -0.15) is 0 Å². The fourth-order valence-corrected chi connectivity index (χ4v) is 2.55. The second kappa shape index (κ2) is 8.12. The molecule has 0 bridgehead atoms. The number of urea groups is 1. The van der Waals surface area contributed by atoms with E-state index in [0.29, 0.717) is 17.7 Å². The van der Waals surface area contributed by atoms with Crippen molar-refractivity contribution in [1.82, 2.24) is 0 Å². The number of Topliss-reactive ketones (excluding diaryl/α,β-unsaturated/α-hetero) is 1. The molecular formula is C22H20N2O2. The minimum atomic E-state index is -0.306. The standard InChI is InChI=1S/C22H20N2O2/c1-16-7-11-18(12-8-16)21(25)15-17-9-13-20(14-10-17)24-22(26)23-19-5-3-2-4-6-19/h2-14H,15H2,1H3,(H2,23,24,26). The Morgan fingerprint density at radius 2 is 1.31 bits per heavy atom. The lowest BCUT2D eigenvalue weighted by Crippen LogP contribution is -2.19. The van der Waals surface area contributed by atoms with E-state index in [2.05, 4.69) is 10.6 Å². The third-order valence-electron chi connectivity index (χ3n) is 3.98. The average Bonchev–Trinajstić information content (AvgIpc) is 2.64. The lowest BCUT2D eigenvalue weighted by Gasteiger charge is -2.08. The number of para-hydroxylation sites is 1. The van der Waals surface area contributed by atoms with Gasteiger partial charge in [0.1, 0.15) is 0 Å². The fourth-order valence-electron chi connectivity index (χ4n) is 2.55. The summed E-state index contributed by atoms with van der Waals surface area (Å²) in [6.07, 6.45) is 0.333. The molecule has 0 saturated heterocycles. The van der Waals surface area contributed by atoms with E-state index < -0.39 is 0 Å². The number of carbonyl (C=O) groups is 2. The number of hydrogen-bond acceptors (Lipinski definition) is 2. The summed E-state index contributed by atoms with van der Waals surface area (Å²) in [6, 6.07) is 23.8. The first-order chi connectivity index (χ1) is 12.6. The van der Waals surface area contributed by atoms with Gasteiger partial charge in [-0.3, -0.25) is 4.79 Å². The molecule has 0 aromatic heterocycles. The number of anilines is 2. The average molecular weight is 344 g/mol. The Kier molecular flexibility index (Phi) is 5.44. The van der Waals surface area contributed by atoms with Crippen LogP contribution in [0, 0.1) is 6.92 Å². The van der Waals surface area contributed by atoms with Crippen LogP contribution in [0.4, 0.5) is 16.2 Å². The van der Waals surface area contributed by atoms with Crippen LogP contribution in [0.1, 0.15) is 21.5 Å². The van der Waals surface area contributed by atoms with Crippen molar-refractivity contribution in [2.24, 2.45) is 0 Å². The molecule has 0 heterocycles. The summed E-state index contributed by atoms with van der Waals surface area (Å²) in [7, 11) is 0. The third kappa shape index (κ3) is 4.80. The van der Waals surface area contributed by atoms with Crippen molar-refractivity contribution in [2.45, 2.75) is 13.3 Å². The number of hydrogen-bond donors (Lipinski definition) is 2. The number of rotatable bonds is 5. The summed E-state index contributed by atoms with van der Waals surface area (Å²) in [5, 5.41) is 5.53. The summed E-state index contributed by atoms with van der Waals surface area (Å²) in [5.74, 6) is 0.0764. The molecule has 3 aromatic rings. The smallest absolute Gasteiger partial charge is 0.308 e. The quantitative estimate of drug-likeness (QED) is 0.635. The summed E-state index contributed by atoms with van der Waals surface area (Å²) in [5.41, 5.74) is 4.14. The predicted octanol–water partition coefficient (Wildman–Crippen LogP) is 5.06. The van der Waals surface area contributed by atoms with Crippen molar-refractivity contribution in [3.8, 4) is 0 Å². The topological polar surface area (TPSA) is 58.2 Å². The lowest BCUT2D eigenvalue weighted by molar-refractivity contribution is 0.0993. The van der Waals surface area contributed by atoms with Gasteiger partial charge >= 0.3 is 6.03 Å². The summed E-state index contributed by atoms with van der Waals surface area (Å²) >= 11 is 0. The van der Waals surface area contributed by atoms with Gasteiger partial charge in [0.05, 0.1) is 0 Å². The molecule has 0 aliphatic rings. The van der Waals surface area contributed by atoms with Crippen LogP contribution in [0.15, 0.2) is 78.9 Å². The predicted molar refractivity (Wildman–Crippen MR) is 105 cm³/mol. The molecule has 3 aromatic carbocycles. The number of carbonyl (C=O) groups excluding carboxylic acids is 2. The molecule has 0 aliphatic carbocycles. The second-order valence-electron chi connectivity index (χ2n) is 6.11. The van der Waals surface area contributed by atoms with Crippen LogP contribution in [0.3, 0.4) is 0 Å². The van der Waals surface area contributed by atoms with Crippen LogP contribution in [0.5, 0.6) is 0 Å². The highest BCUT2D eigenvalue weighted by atomic mass is 16.2. The summed E-state index contributed by atoms with van der Waals surface area (Å²) in [4.78, 5) is 24.3. The molecule has 0 spiro atoms. The van der Waals surface area contributed by atoms with E-state index >= 15 is 0 Å². The maximum atomic E-state index is 12.3. The van der Waals surface area contributed by atoms with Crippen molar-refractivity contribution in [3.63, 3.8) is 0 Å². The zero-order valence-electron chi connectivity index (χ0n) is 14.5. The molecule has 2 N–H and O–H groups in total. The summed E-state index contributed by atoms with van der Waals surface area (Å²) < 4.78 is 0. The normalized spacial score (nSPS) is 10.2. The first-order valence-corrected chi connectivity index (χ1v) is 8.42. The number of ketones is 1. The highest BCUT2D eigenvalue weighted by Gasteiger charge is 2.07. The molecule has 4 nitrogen and oxygen atoms in total.